The molecule has 0 heterocycles. The molecule has 0 aliphatic heterocycles. The fourth-order valence-electron chi connectivity index (χ4n) is 2.47. The zero-order valence-electron chi connectivity index (χ0n) is 18.5. The number of aromatic carboxylic acids is 3. The maximum Gasteiger partial charge on any atom is 0.338 e. The largest absolute Gasteiger partial charge is 0.478 e. The van der Waals surface area contributed by atoms with Gasteiger partial charge in [-0.1, -0.05) is 81.7 Å². The molecule has 0 spiro atoms. The standard InChI is InChI=1S/C8H6Cl2O2.C7H3Cl3O4S.C7H4Cl2O2/c1-4-2-3-5(9)6(7(4)10)8(11)12;8-3-1-2-4(15(10,13)14)6(9)5(3)7(11)12;8-4-2-1-3-5(9)6(4)7(10)11/h2-3H,1H3,(H,11,12);1-2H,(H,11,12);1-3H,(H,10,11). The first-order valence-electron chi connectivity index (χ1n) is 9.42. The second-order valence-electron chi connectivity index (χ2n) is 6.74. The molecular weight excluding hydrogens is 672 g/mol. The summed E-state index contributed by atoms with van der Waals surface area (Å²) in [6.45, 7) is 1.73. The second-order valence-corrected chi connectivity index (χ2v) is 11.7. The molecule has 0 atom stereocenters. The van der Waals surface area contributed by atoms with Crippen LogP contribution < -0.4 is 0 Å². The van der Waals surface area contributed by atoms with Crippen LogP contribution in [0.2, 0.25) is 30.1 Å². The number of halogens is 7. The predicted octanol–water partition coefficient (Wildman–Crippen LogP) is 8.31. The fraction of sp³-hybridized carbons (Fsp3) is 0.0455. The lowest BCUT2D eigenvalue weighted by molar-refractivity contribution is 0.0686. The summed E-state index contributed by atoms with van der Waals surface area (Å²) in [6.07, 6.45) is 0. The van der Waals surface area contributed by atoms with Crippen molar-refractivity contribution in [2.45, 2.75) is 11.8 Å². The molecule has 0 aromatic heterocycles. The van der Waals surface area contributed by atoms with E-state index in [1.165, 1.54) is 18.2 Å². The normalized spacial score (nSPS) is 10.4. The smallest absolute Gasteiger partial charge is 0.338 e. The highest BCUT2D eigenvalue weighted by Gasteiger charge is 2.23. The summed E-state index contributed by atoms with van der Waals surface area (Å²) in [7, 11) is 0.957. The van der Waals surface area contributed by atoms with Crippen molar-refractivity contribution in [3.63, 3.8) is 0 Å². The van der Waals surface area contributed by atoms with E-state index < -0.39 is 42.4 Å². The molecule has 0 saturated carbocycles. The van der Waals surface area contributed by atoms with E-state index in [4.69, 9.17) is 95.6 Å². The SMILES string of the molecule is Cc1ccc(Cl)c(C(=O)O)c1Cl.O=C(O)c1c(Cl)ccc(S(=O)(=O)Cl)c1Cl.O=C(O)c1c(Cl)cccc1Cl. The van der Waals surface area contributed by atoms with E-state index in [1.54, 1.807) is 19.1 Å². The Morgan fingerprint density at radius 3 is 1.32 bits per heavy atom. The van der Waals surface area contributed by atoms with Gasteiger partial charge in [0.25, 0.3) is 9.05 Å². The minimum Gasteiger partial charge on any atom is -0.478 e. The molecule has 0 fully saturated rings. The highest BCUT2D eigenvalue weighted by atomic mass is 35.7. The first-order valence-corrected chi connectivity index (χ1v) is 14.0. The van der Waals surface area contributed by atoms with Crippen LogP contribution in [0.25, 0.3) is 0 Å². The maximum absolute atomic E-state index is 11.0. The lowest BCUT2D eigenvalue weighted by atomic mass is 10.1. The van der Waals surface area contributed by atoms with E-state index in [2.05, 4.69) is 0 Å². The van der Waals surface area contributed by atoms with Crippen molar-refractivity contribution in [2.75, 3.05) is 0 Å². The Morgan fingerprint density at radius 1 is 0.605 bits per heavy atom. The van der Waals surface area contributed by atoms with Crippen LogP contribution in [0.3, 0.4) is 0 Å². The van der Waals surface area contributed by atoms with Gasteiger partial charge in [0.1, 0.15) is 4.90 Å². The molecule has 0 amide bonds. The Balaban J connectivity index is 0.000000289. The van der Waals surface area contributed by atoms with E-state index in [0.717, 1.165) is 12.1 Å². The van der Waals surface area contributed by atoms with E-state index >= 15 is 0 Å². The van der Waals surface area contributed by atoms with Gasteiger partial charge < -0.3 is 15.3 Å². The summed E-state index contributed by atoms with van der Waals surface area (Å²) in [6, 6.07) is 9.90. The van der Waals surface area contributed by atoms with Crippen molar-refractivity contribution in [3.05, 3.63) is 94.9 Å². The fourth-order valence-corrected chi connectivity index (χ4v) is 5.45. The summed E-state index contributed by atoms with van der Waals surface area (Å²) in [5.41, 5.74) is 0.146. The molecule has 3 aromatic rings. The summed E-state index contributed by atoms with van der Waals surface area (Å²) in [5, 5.41) is 26.0. The van der Waals surface area contributed by atoms with Crippen LogP contribution in [-0.2, 0) is 9.05 Å². The van der Waals surface area contributed by atoms with Crippen LogP contribution in [0.5, 0.6) is 0 Å². The Hall–Kier alpha value is -1.95. The minimum atomic E-state index is -4.09. The topological polar surface area (TPSA) is 146 Å². The Labute approximate surface area is 250 Å². The highest BCUT2D eigenvalue weighted by Crippen LogP contribution is 2.32. The lowest BCUT2D eigenvalue weighted by Crippen LogP contribution is -2.02. The van der Waals surface area contributed by atoms with Crippen LogP contribution in [0.4, 0.5) is 0 Å². The average molecular weight is 686 g/mol. The number of benzene rings is 3. The van der Waals surface area contributed by atoms with Crippen molar-refractivity contribution < 1.29 is 38.1 Å². The summed E-state index contributed by atoms with van der Waals surface area (Å²) >= 11 is 33.6. The number of hydrogen-bond acceptors (Lipinski definition) is 5. The Morgan fingerprint density at radius 2 is 0.974 bits per heavy atom. The van der Waals surface area contributed by atoms with Gasteiger partial charge in [0, 0.05) is 10.7 Å². The van der Waals surface area contributed by atoms with Gasteiger partial charge in [-0.05, 0) is 42.8 Å². The van der Waals surface area contributed by atoms with E-state index in [-0.39, 0.29) is 36.2 Å². The summed E-state index contributed by atoms with van der Waals surface area (Å²) in [5.74, 6) is -3.64. The van der Waals surface area contributed by atoms with Crippen molar-refractivity contribution in [2.24, 2.45) is 0 Å². The van der Waals surface area contributed by atoms with Crippen LogP contribution in [-0.4, -0.2) is 41.6 Å². The summed E-state index contributed by atoms with van der Waals surface area (Å²) < 4.78 is 22.0. The molecule has 0 radical (unpaired) electrons. The third-order valence-electron chi connectivity index (χ3n) is 4.21. The number of carboxylic acids is 3. The van der Waals surface area contributed by atoms with Gasteiger partial charge in [0.2, 0.25) is 0 Å². The van der Waals surface area contributed by atoms with Crippen LogP contribution in [0.15, 0.2) is 47.4 Å². The zero-order chi connectivity index (χ0) is 29.5. The maximum atomic E-state index is 11.0. The number of carboxylic acid groups (broad SMARTS) is 3. The zero-order valence-corrected chi connectivity index (χ0v) is 24.6. The van der Waals surface area contributed by atoms with Gasteiger partial charge in [0.05, 0.1) is 46.8 Å². The summed E-state index contributed by atoms with van der Waals surface area (Å²) in [4.78, 5) is 31.3. The number of rotatable bonds is 4. The molecule has 0 aliphatic rings. The molecule has 0 saturated heterocycles. The van der Waals surface area contributed by atoms with Crippen molar-refractivity contribution in [1.29, 1.82) is 0 Å². The van der Waals surface area contributed by atoms with Gasteiger partial charge in [-0.2, -0.15) is 0 Å². The molecule has 0 bridgehead atoms. The second kappa shape index (κ2) is 14.4. The number of carbonyl (C=O) groups is 3. The van der Waals surface area contributed by atoms with Crippen LogP contribution in [0.1, 0.15) is 36.6 Å². The third kappa shape index (κ3) is 9.07. The lowest BCUT2D eigenvalue weighted by Gasteiger charge is -2.05. The van der Waals surface area contributed by atoms with Crippen molar-refractivity contribution in [3.8, 4) is 0 Å². The predicted molar refractivity (Wildman–Crippen MR) is 148 cm³/mol. The molecule has 0 unspecified atom stereocenters. The molecule has 16 heteroatoms. The van der Waals surface area contributed by atoms with Crippen LogP contribution >= 0.6 is 80.3 Å². The van der Waals surface area contributed by atoms with E-state index in [9.17, 15) is 22.8 Å². The highest BCUT2D eigenvalue weighted by molar-refractivity contribution is 8.13. The molecule has 0 aliphatic carbocycles. The Kier molecular flexibility index (Phi) is 12.9. The molecule has 3 aromatic carbocycles. The molecule has 8 nitrogen and oxygen atoms in total. The third-order valence-corrected chi connectivity index (χ3v) is 7.82. The van der Waals surface area contributed by atoms with Gasteiger partial charge >= 0.3 is 17.9 Å². The molecular formula is C22H13Cl7O8S. The van der Waals surface area contributed by atoms with Gasteiger partial charge in [-0.15, -0.1) is 0 Å². The average Bonchev–Trinajstić information content (AvgIpc) is 2.76. The van der Waals surface area contributed by atoms with E-state index in [0.29, 0.717) is 5.56 Å². The van der Waals surface area contributed by atoms with Gasteiger partial charge in [-0.3, -0.25) is 0 Å². The van der Waals surface area contributed by atoms with Crippen molar-refractivity contribution in [1.82, 2.24) is 0 Å². The van der Waals surface area contributed by atoms with E-state index in [1.807, 2.05) is 0 Å². The van der Waals surface area contributed by atoms with Crippen molar-refractivity contribution >= 4 is 107 Å². The van der Waals surface area contributed by atoms with Gasteiger partial charge in [0.15, 0.2) is 0 Å². The Bertz CT molecular complexity index is 1490. The first-order chi connectivity index (χ1) is 17.4. The molecule has 3 rings (SSSR count). The molecule has 204 valence electrons. The van der Waals surface area contributed by atoms with Crippen LogP contribution in [0, 0.1) is 6.92 Å². The minimum absolute atomic E-state index is 0.0293. The first kappa shape index (κ1) is 34.1. The number of hydrogen-bond donors (Lipinski definition) is 3. The molecule has 3 N–H and O–H groups in total. The molecule has 38 heavy (non-hydrogen) atoms. The quantitative estimate of drug-likeness (QED) is 0.233. The van der Waals surface area contributed by atoms with Gasteiger partial charge in [-0.25, -0.2) is 22.8 Å². The monoisotopic (exact) mass is 682 g/mol. The number of aryl methyl sites for hydroxylation is 1.